The van der Waals surface area contributed by atoms with Crippen LogP contribution in [0.15, 0.2) is 66.7 Å². The molecule has 5 heteroatoms. The minimum atomic E-state index is -4.70. The largest absolute Gasteiger partial charge is 0.573 e. The first-order valence-electron chi connectivity index (χ1n) is 10.3. The van der Waals surface area contributed by atoms with Crippen LogP contribution in [-0.2, 0) is 11.8 Å². The van der Waals surface area contributed by atoms with Crippen molar-refractivity contribution in [1.82, 2.24) is 0 Å². The molecule has 0 fully saturated rings. The van der Waals surface area contributed by atoms with Gasteiger partial charge in [-0.05, 0) is 58.9 Å². The summed E-state index contributed by atoms with van der Waals surface area (Å²) in [5.41, 5.74) is 4.06. The van der Waals surface area contributed by atoms with Crippen LogP contribution >= 0.6 is 0 Å². The van der Waals surface area contributed by atoms with Crippen LogP contribution in [0.5, 0.6) is 17.2 Å². The third-order valence-corrected chi connectivity index (χ3v) is 4.98. The zero-order valence-electron chi connectivity index (χ0n) is 18.2. The smallest absolute Gasteiger partial charge is 0.457 e. The normalized spacial score (nSPS) is 12.0. The minimum absolute atomic E-state index is 0.0633. The maximum Gasteiger partial charge on any atom is 0.573 e. The molecule has 0 bridgehead atoms. The second kappa shape index (κ2) is 9.04. The first-order chi connectivity index (χ1) is 14.6. The SMILES string of the molecule is CCCc1c(Oc2ccc(C(C)(C)C)cc2)cccc1-c1ccc(OC(F)(F)F)cc1. The number of alkyl halides is 3. The van der Waals surface area contributed by atoms with Crippen LogP contribution < -0.4 is 9.47 Å². The van der Waals surface area contributed by atoms with E-state index in [0.29, 0.717) is 0 Å². The van der Waals surface area contributed by atoms with Gasteiger partial charge in [0, 0.05) is 5.56 Å². The van der Waals surface area contributed by atoms with Gasteiger partial charge in [-0.15, -0.1) is 13.2 Å². The van der Waals surface area contributed by atoms with E-state index < -0.39 is 6.36 Å². The molecule has 0 unspecified atom stereocenters. The molecule has 0 heterocycles. The minimum Gasteiger partial charge on any atom is -0.457 e. The number of halogens is 3. The van der Waals surface area contributed by atoms with E-state index in [4.69, 9.17) is 4.74 Å². The van der Waals surface area contributed by atoms with Crippen LogP contribution in [0.4, 0.5) is 13.2 Å². The van der Waals surface area contributed by atoms with Gasteiger partial charge in [-0.2, -0.15) is 0 Å². The lowest BCUT2D eigenvalue weighted by molar-refractivity contribution is -0.274. The summed E-state index contributed by atoms with van der Waals surface area (Å²) >= 11 is 0. The van der Waals surface area contributed by atoms with Gasteiger partial charge >= 0.3 is 6.36 Å². The molecule has 0 saturated heterocycles. The second-order valence-corrected chi connectivity index (χ2v) is 8.48. The fourth-order valence-corrected chi connectivity index (χ4v) is 3.43. The van der Waals surface area contributed by atoms with E-state index >= 15 is 0 Å². The Balaban J connectivity index is 1.90. The lowest BCUT2D eigenvalue weighted by Gasteiger charge is -2.20. The standard InChI is InChI=1S/C26H27F3O2/c1-5-7-23-22(18-10-14-21(15-11-18)31-26(27,28)29)8-6-9-24(23)30-20-16-12-19(13-17-20)25(2,3)4/h6,8-17H,5,7H2,1-4H3. The van der Waals surface area contributed by atoms with E-state index in [-0.39, 0.29) is 11.2 Å². The predicted octanol–water partition coefficient (Wildman–Crippen LogP) is 8.29. The highest BCUT2D eigenvalue weighted by molar-refractivity contribution is 5.71. The molecule has 0 aromatic heterocycles. The molecule has 0 aliphatic heterocycles. The number of benzene rings is 3. The van der Waals surface area contributed by atoms with E-state index in [1.165, 1.54) is 17.7 Å². The van der Waals surface area contributed by atoms with E-state index in [1.54, 1.807) is 12.1 Å². The van der Waals surface area contributed by atoms with Crippen LogP contribution in [0.25, 0.3) is 11.1 Å². The zero-order chi connectivity index (χ0) is 22.6. The van der Waals surface area contributed by atoms with Gasteiger partial charge in [0.25, 0.3) is 0 Å². The fraction of sp³-hybridized carbons (Fsp3) is 0.308. The fourth-order valence-electron chi connectivity index (χ4n) is 3.43. The number of hydrogen-bond donors (Lipinski definition) is 0. The van der Waals surface area contributed by atoms with Gasteiger partial charge in [0.1, 0.15) is 17.2 Å². The predicted molar refractivity (Wildman–Crippen MR) is 118 cm³/mol. The van der Waals surface area contributed by atoms with Crippen LogP contribution in [-0.4, -0.2) is 6.36 Å². The third-order valence-electron chi connectivity index (χ3n) is 4.98. The van der Waals surface area contributed by atoms with Gasteiger partial charge in [-0.25, -0.2) is 0 Å². The Morgan fingerprint density at radius 2 is 1.39 bits per heavy atom. The highest BCUT2D eigenvalue weighted by Gasteiger charge is 2.31. The Morgan fingerprint density at radius 3 is 1.94 bits per heavy atom. The summed E-state index contributed by atoms with van der Waals surface area (Å²) < 4.78 is 47.5. The molecule has 3 aromatic carbocycles. The molecule has 0 N–H and O–H groups in total. The van der Waals surface area contributed by atoms with Gasteiger partial charge in [0.15, 0.2) is 0 Å². The monoisotopic (exact) mass is 428 g/mol. The van der Waals surface area contributed by atoms with Crippen LogP contribution in [0.2, 0.25) is 0 Å². The van der Waals surface area contributed by atoms with Crippen molar-refractivity contribution in [1.29, 1.82) is 0 Å². The van der Waals surface area contributed by atoms with Crippen molar-refractivity contribution >= 4 is 0 Å². The Bertz CT molecular complexity index is 999. The van der Waals surface area contributed by atoms with Crippen molar-refractivity contribution in [2.24, 2.45) is 0 Å². The molecule has 0 spiro atoms. The molecule has 0 aliphatic carbocycles. The molecule has 3 aromatic rings. The molecule has 0 radical (unpaired) electrons. The van der Waals surface area contributed by atoms with Crippen molar-refractivity contribution < 1.29 is 22.6 Å². The summed E-state index contributed by atoms with van der Waals surface area (Å²) in [5, 5.41) is 0. The van der Waals surface area contributed by atoms with Gasteiger partial charge in [0.2, 0.25) is 0 Å². The summed E-state index contributed by atoms with van der Waals surface area (Å²) in [7, 11) is 0. The lowest BCUT2D eigenvalue weighted by atomic mass is 9.87. The Labute approximate surface area is 181 Å². The first kappa shape index (κ1) is 22.7. The maximum atomic E-state index is 12.4. The molecule has 0 atom stereocenters. The van der Waals surface area contributed by atoms with Crippen molar-refractivity contribution in [2.75, 3.05) is 0 Å². The Kier molecular flexibility index (Phi) is 6.63. The average molecular weight is 428 g/mol. The molecule has 0 amide bonds. The van der Waals surface area contributed by atoms with Crippen molar-refractivity contribution in [3.63, 3.8) is 0 Å². The van der Waals surface area contributed by atoms with Crippen LogP contribution in [0, 0.1) is 0 Å². The van der Waals surface area contributed by atoms with E-state index in [0.717, 1.165) is 41.0 Å². The van der Waals surface area contributed by atoms with Gasteiger partial charge in [-0.3, -0.25) is 0 Å². The molecule has 164 valence electrons. The molecular formula is C26H27F3O2. The summed E-state index contributed by atoms with van der Waals surface area (Å²) in [6.07, 6.45) is -3.01. The molecule has 0 saturated carbocycles. The quantitative estimate of drug-likeness (QED) is 0.393. The molecule has 2 nitrogen and oxygen atoms in total. The maximum absolute atomic E-state index is 12.4. The molecule has 3 rings (SSSR count). The topological polar surface area (TPSA) is 18.5 Å². The van der Waals surface area contributed by atoms with Crippen LogP contribution in [0.3, 0.4) is 0 Å². The van der Waals surface area contributed by atoms with Crippen molar-refractivity contribution in [3.8, 4) is 28.4 Å². The second-order valence-electron chi connectivity index (χ2n) is 8.48. The lowest BCUT2D eigenvalue weighted by Crippen LogP contribution is -2.16. The summed E-state index contributed by atoms with van der Waals surface area (Å²) in [4.78, 5) is 0. The zero-order valence-corrected chi connectivity index (χ0v) is 18.2. The highest BCUT2D eigenvalue weighted by atomic mass is 19.4. The Morgan fingerprint density at radius 1 is 0.774 bits per heavy atom. The van der Waals surface area contributed by atoms with Gasteiger partial charge < -0.3 is 9.47 Å². The number of rotatable bonds is 6. The molecule has 31 heavy (non-hydrogen) atoms. The van der Waals surface area contributed by atoms with E-state index in [1.807, 2.05) is 30.3 Å². The Hall–Kier alpha value is -2.95. The van der Waals surface area contributed by atoms with Crippen molar-refractivity contribution in [2.45, 2.75) is 52.3 Å². The molecular weight excluding hydrogens is 401 g/mol. The van der Waals surface area contributed by atoms with Crippen LogP contribution in [0.1, 0.15) is 45.2 Å². The molecule has 0 aliphatic rings. The number of ether oxygens (including phenoxy) is 2. The first-order valence-corrected chi connectivity index (χ1v) is 10.3. The third kappa shape index (κ3) is 6.03. The number of hydrogen-bond acceptors (Lipinski definition) is 2. The summed E-state index contributed by atoms with van der Waals surface area (Å²) in [5.74, 6) is 1.26. The van der Waals surface area contributed by atoms with Gasteiger partial charge in [0.05, 0.1) is 0 Å². The van der Waals surface area contributed by atoms with Gasteiger partial charge in [-0.1, -0.05) is 70.5 Å². The summed E-state index contributed by atoms with van der Waals surface area (Å²) in [6, 6.07) is 19.8. The van der Waals surface area contributed by atoms with Crippen molar-refractivity contribution in [3.05, 3.63) is 77.9 Å². The average Bonchev–Trinajstić information content (AvgIpc) is 2.69. The van der Waals surface area contributed by atoms with E-state index in [2.05, 4.69) is 44.6 Å². The van der Waals surface area contributed by atoms with E-state index in [9.17, 15) is 13.2 Å². The summed E-state index contributed by atoms with van der Waals surface area (Å²) in [6.45, 7) is 8.57. The highest BCUT2D eigenvalue weighted by Crippen LogP contribution is 2.36.